The molecule has 1 aromatic carbocycles. The largest absolute Gasteiger partial charge is 0.297 e. The van der Waals surface area contributed by atoms with Gasteiger partial charge in [-0.3, -0.25) is 9.36 Å². The first kappa shape index (κ1) is 18.2. The van der Waals surface area contributed by atoms with Gasteiger partial charge in [0.25, 0.3) is 12.0 Å². The molecule has 0 bridgehead atoms. The maximum absolute atomic E-state index is 13.2. The van der Waals surface area contributed by atoms with Gasteiger partial charge >= 0.3 is 0 Å². The minimum Gasteiger partial charge on any atom is -0.288 e. The third kappa shape index (κ3) is 4.94. The van der Waals surface area contributed by atoms with E-state index in [9.17, 15) is 13.6 Å². The van der Waals surface area contributed by atoms with E-state index in [1.807, 2.05) is 30.3 Å². The van der Waals surface area contributed by atoms with Crippen molar-refractivity contribution in [3.63, 3.8) is 0 Å². The normalized spacial score (nSPS) is 11.2. The van der Waals surface area contributed by atoms with Crippen molar-refractivity contribution in [2.75, 3.05) is 0 Å². The van der Waals surface area contributed by atoms with E-state index >= 15 is 0 Å². The molecule has 2 rings (SSSR count). The summed E-state index contributed by atoms with van der Waals surface area (Å²) in [6.45, 7) is 2.29. The van der Waals surface area contributed by atoms with E-state index in [0.717, 1.165) is 35.8 Å². The van der Waals surface area contributed by atoms with E-state index in [0.29, 0.717) is 12.8 Å². The molecule has 0 spiro atoms. The summed E-state index contributed by atoms with van der Waals surface area (Å²) >= 11 is 0. The molecule has 0 radical (unpaired) electrons. The summed E-state index contributed by atoms with van der Waals surface area (Å²) < 4.78 is 27.4. The highest BCUT2D eigenvalue weighted by Gasteiger charge is 2.19. The number of aromatic nitrogens is 3. The standard InChI is InChI=1S/C18H23F2N3O/c1-2-3-4-8-11-15-18(24)23(17(16(19)20)22-21-15)13-12-14-9-6-5-7-10-14/h5-7,9-10,16H,2-4,8,11-13H2,1H3. The average Bonchev–Trinajstić information content (AvgIpc) is 2.59. The fraction of sp³-hybridized carbons (Fsp3) is 0.500. The highest BCUT2D eigenvalue weighted by molar-refractivity contribution is 5.15. The van der Waals surface area contributed by atoms with Crippen molar-refractivity contribution in [3.8, 4) is 0 Å². The van der Waals surface area contributed by atoms with Crippen molar-refractivity contribution in [2.24, 2.45) is 0 Å². The predicted octanol–water partition coefficient (Wildman–Crippen LogP) is 3.94. The lowest BCUT2D eigenvalue weighted by molar-refractivity contribution is 0.130. The number of rotatable bonds is 9. The Morgan fingerprint density at radius 2 is 1.79 bits per heavy atom. The van der Waals surface area contributed by atoms with Gasteiger partial charge in [-0.1, -0.05) is 56.5 Å². The van der Waals surface area contributed by atoms with Gasteiger partial charge in [-0.25, -0.2) is 8.78 Å². The number of halogens is 2. The number of benzene rings is 1. The molecule has 2 aromatic rings. The van der Waals surface area contributed by atoms with Gasteiger partial charge in [0, 0.05) is 6.54 Å². The van der Waals surface area contributed by atoms with Crippen LogP contribution in [0.15, 0.2) is 35.1 Å². The molecule has 0 aliphatic rings. The lowest BCUT2D eigenvalue weighted by atomic mass is 10.1. The summed E-state index contributed by atoms with van der Waals surface area (Å²) in [5, 5.41) is 7.36. The van der Waals surface area contributed by atoms with Crippen LogP contribution >= 0.6 is 0 Å². The molecule has 4 nitrogen and oxygen atoms in total. The molecule has 6 heteroatoms. The van der Waals surface area contributed by atoms with Gasteiger partial charge in [0.05, 0.1) is 0 Å². The first-order valence-electron chi connectivity index (χ1n) is 8.41. The molecular formula is C18H23F2N3O. The third-order valence-corrected chi connectivity index (χ3v) is 3.97. The van der Waals surface area contributed by atoms with E-state index in [1.54, 1.807) is 0 Å². The lowest BCUT2D eigenvalue weighted by Crippen LogP contribution is -2.31. The summed E-state index contributed by atoms with van der Waals surface area (Å²) in [4.78, 5) is 12.5. The second kappa shape index (κ2) is 9.25. The molecule has 130 valence electrons. The Kier molecular flexibility index (Phi) is 7.03. The van der Waals surface area contributed by atoms with Crippen LogP contribution in [-0.4, -0.2) is 14.8 Å². The van der Waals surface area contributed by atoms with Gasteiger partial charge in [0.1, 0.15) is 5.69 Å². The van der Waals surface area contributed by atoms with Gasteiger partial charge in [0.2, 0.25) is 5.82 Å². The Balaban J connectivity index is 2.17. The molecule has 0 saturated carbocycles. The van der Waals surface area contributed by atoms with Crippen molar-refractivity contribution in [1.29, 1.82) is 0 Å². The number of hydrogen-bond acceptors (Lipinski definition) is 3. The van der Waals surface area contributed by atoms with Crippen molar-refractivity contribution in [3.05, 3.63) is 57.8 Å². The monoisotopic (exact) mass is 335 g/mol. The molecule has 0 aliphatic carbocycles. The van der Waals surface area contributed by atoms with Crippen molar-refractivity contribution in [1.82, 2.24) is 14.8 Å². The molecule has 0 amide bonds. The molecule has 0 N–H and O–H groups in total. The van der Waals surface area contributed by atoms with Crippen LogP contribution in [0, 0.1) is 0 Å². The summed E-state index contributed by atoms with van der Waals surface area (Å²) in [6.07, 6.45) is 2.18. The third-order valence-electron chi connectivity index (χ3n) is 3.97. The first-order valence-corrected chi connectivity index (χ1v) is 8.41. The molecular weight excluding hydrogens is 312 g/mol. The quantitative estimate of drug-likeness (QED) is 0.652. The lowest BCUT2D eigenvalue weighted by Gasteiger charge is -2.12. The van der Waals surface area contributed by atoms with Crippen LogP contribution in [0.3, 0.4) is 0 Å². The minimum atomic E-state index is -2.81. The highest BCUT2D eigenvalue weighted by atomic mass is 19.3. The summed E-state index contributed by atoms with van der Waals surface area (Å²) in [5.74, 6) is -0.548. The second-order valence-corrected chi connectivity index (χ2v) is 5.81. The SMILES string of the molecule is CCCCCCc1nnc(C(F)F)n(CCc2ccccc2)c1=O. The molecule has 1 aromatic heterocycles. The average molecular weight is 335 g/mol. The molecule has 0 saturated heterocycles. The van der Waals surface area contributed by atoms with Crippen LogP contribution in [-0.2, 0) is 19.4 Å². The highest BCUT2D eigenvalue weighted by Crippen LogP contribution is 2.15. The van der Waals surface area contributed by atoms with E-state index < -0.39 is 17.8 Å². The van der Waals surface area contributed by atoms with E-state index in [4.69, 9.17) is 0 Å². The van der Waals surface area contributed by atoms with Crippen LogP contribution in [0.2, 0.25) is 0 Å². The molecule has 0 unspecified atom stereocenters. The Hall–Kier alpha value is -2.11. The smallest absolute Gasteiger partial charge is 0.288 e. The minimum absolute atomic E-state index is 0.181. The van der Waals surface area contributed by atoms with Gasteiger partial charge in [0.15, 0.2) is 0 Å². The van der Waals surface area contributed by atoms with Crippen molar-refractivity contribution < 1.29 is 8.78 Å². The first-order chi connectivity index (χ1) is 11.6. The Bertz CT molecular complexity index is 686. The zero-order valence-electron chi connectivity index (χ0n) is 13.9. The molecule has 0 fully saturated rings. The van der Waals surface area contributed by atoms with Gasteiger partial charge in [-0.2, -0.15) is 0 Å². The number of hydrogen-bond donors (Lipinski definition) is 0. The van der Waals surface area contributed by atoms with E-state index in [2.05, 4.69) is 17.1 Å². The molecule has 0 aliphatic heterocycles. The summed E-state index contributed by atoms with van der Waals surface area (Å²) in [6, 6.07) is 9.48. The van der Waals surface area contributed by atoms with E-state index in [1.165, 1.54) is 0 Å². The number of unbranched alkanes of at least 4 members (excludes halogenated alkanes) is 3. The van der Waals surface area contributed by atoms with Crippen LogP contribution < -0.4 is 5.56 Å². The summed E-state index contributed by atoms with van der Waals surface area (Å²) in [5.41, 5.74) is 0.835. The zero-order valence-corrected chi connectivity index (χ0v) is 13.9. The van der Waals surface area contributed by atoms with Crippen molar-refractivity contribution >= 4 is 0 Å². The van der Waals surface area contributed by atoms with Gasteiger partial charge < -0.3 is 0 Å². The Morgan fingerprint density at radius 3 is 2.46 bits per heavy atom. The predicted molar refractivity (Wildman–Crippen MR) is 89.2 cm³/mol. The number of alkyl halides is 2. The van der Waals surface area contributed by atoms with Gasteiger partial charge in [-0.15, -0.1) is 10.2 Å². The Labute approximate surface area is 140 Å². The fourth-order valence-electron chi connectivity index (χ4n) is 2.61. The molecule has 1 heterocycles. The molecule has 0 atom stereocenters. The van der Waals surface area contributed by atoms with Crippen LogP contribution in [0.4, 0.5) is 8.78 Å². The fourth-order valence-corrected chi connectivity index (χ4v) is 2.61. The summed E-state index contributed by atoms with van der Waals surface area (Å²) in [7, 11) is 0. The second-order valence-electron chi connectivity index (χ2n) is 5.81. The van der Waals surface area contributed by atoms with Crippen LogP contribution in [0.1, 0.15) is 56.1 Å². The molecule has 24 heavy (non-hydrogen) atoms. The Morgan fingerprint density at radius 1 is 1.04 bits per heavy atom. The van der Waals surface area contributed by atoms with Gasteiger partial charge in [-0.05, 0) is 24.8 Å². The topological polar surface area (TPSA) is 47.8 Å². The zero-order chi connectivity index (χ0) is 17.4. The maximum Gasteiger partial charge on any atom is 0.297 e. The maximum atomic E-state index is 13.2. The number of aryl methyl sites for hydroxylation is 2. The van der Waals surface area contributed by atoms with Crippen LogP contribution in [0.25, 0.3) is 0 Å². The van der Waals surface area contributed by atoms with E-state index in [-0.39, 0.29) is 12.2 Å². The number of nitrogens with zero attached hydrogens (tertiary/aromatic N) is 3. The van der Waals surface area contributed by atoms with Crippen molar-refractivity contribution in [2.45, 2.75) is 58.4 Å². The van der Waals surface area contributed by atoms with Crippen LogP contribution in [0.5, 0.6) is 0 Å².